The summed E-state index contributed by atoms with van der Waals surface area (Å²) >= 11 is 0. The van der Waals surface area contributed by atoms with Gasteiger partial charge in [-0.1, -0.05) is 55.5 Å². The van der Waals surface area contributed by atoms with Crippen molar-refractivity contribution in [1.82, 2.24) is 4.90 Å². The van der Waals surface area contributed by atoms with E-state index in [1.807, 2.05) is 43.3 Å². The van der Waals surface area contributed by atoms with Crippen LogP contribution in [-0.2, 0) is 25.5 Å². The van der Waals surface area contributed by atoms with E-state index >= 15 is 0 Å². The fourth-order valence-electron chi connectivity index (χ4n) is 5.51. The first-order chi connectivity index (χ1) is 16.4. The second kappa shape index (κ2) is 9.75. The second-order valence-corrected chi connectivity index (χ2v) is 9.03. The van der Waals surface area contributed by atoms with Gasteiger partial charge in [0.1, 0.15) is 5.78 Å². The highest BCUT2D eigenvalue weighted by atomic mass is 16.5. The highest BCUT2D eigenvalue weighted by Crippen LogP contribution is 2.51. The Kier molecular flexibility index (Phi) is 6.77. The molecular weight excluding hydrogens is 430 g/mol. The van der Waals surface area contributed by atoms with Gasteiger partial charge in [-0.25, -0.2) is 4.79 Å². The first-order valence-corrected chi connectivity index (χ1v) is 11.7. The van der Waals surface area contributed by atoms with Gasteiger partial charge in [0.15, 0.2) is 11.3 Å². The van der Waals surface area contributed by atoms with Gasteiger partial charge in [-0.3, -0.25) is 14.4 Å². The number of methoxy groups -OCH3 is 1. The normalized spacial score (nSPS) is 23.4. The monoisotopic (exact) mass is 459 g/mol. The third kappa shape index (κ3) is 4.09. The zero-order chi connectivity index (χ0) is 24.3. The number of Topliss-reactive ketones (excluding diaryl/α,β-unsaturated/α-hetero) is 1. The molecule has 6 heteroatoms. The third-order valence-corrected chi connectivity index (χ3v) is 6.93. The van der Waals surface area contributed by atoms with Gasteiger partial charge in [0.05, 0.1) is 7.11 Å². The summed E-state index contributed by atoms with van der Waals surface area (Å²) in [4.78, 5) is 54.6. The second-order valence-electron chi connectivity index (χ2n) is 9.03. The van der Waals surface area contributed by atoms with Crippen molar-refractivity contribution in [3.8, 4) is 0 Å². The Morgan fingerprint density at radius 3 is 2.29 bits per heavy atom. The topological polar surface area (TPSA) is 80.8 Å². The Hall–Kier alpha value is -3.54. The molecule has 2 aromatic carbocycles. The Bertz CT molecular complexity index is 1120. The number of nitrogens with zero attached hydrogens (tertiary/aromatic N) is 1. The largest absolute Gasteiger partial charge is 0.467 e. The van der Waals surface area contributed by atoms with Gasteiger partial charge in [0.25, 0.3) is 5.91 Å². The molecular formula is C28H29NO5. The molecule has 1 heterocycles. The summed E-state index contributed by atoms with van der Waals surface area (Å²) in [6, 6.07) is 18.2. The van der Waals surface area contributed by atoms with Crippen LogP contribution in [0.15, 0.2) is 72.3 Å². The van der Waals surface area contributed by atoms with E-state index < -0.39 is 23.3 Å². The molecule has 0 bridgehead atoms. The van der Waals surface area contributed by atoms with Crippen molar-refractivity contribution in [2.24, 2.45) is 11.8 Å². The van der Waals surface area contributed by atoms with E-state index in [0.717, 1.165) is 5.56 Å². The summed E-state index contributed by atoms with van der Waals surface area (Å²) in [6.07, 6.45) is 2.85. The van der Waals surface area contributed by atoms with Crippen LogP contribution in [0, 0.1) is 11.8 Å². The molecule has 0 radical (unpaired) electrons. The first kappa shape index (κ1) is 23.6. The lowest BCUT2D eigenvalue weighted by Gasteiger charge is -2.41. The molecule has 1 saturated heterocycles. The predicted molar refractivity (Wildman–Crippen MR) is 127 cm³/mol. The van der Waals surface area contributed by atoms with Crippen molar-refractivity contribution in [3.63, 3.8) is 0 Å². The minimum Gasteiger partial charge on any atom is -0.467 e. The molecule has 6 nitrogen and oxygen atoms in total. The molecule has 3 atom stereocenters. The van der Waals surface area contributed by atoms with E-state index in [-0.39, 0.29) is 36.9 Å². The molecule has 2 aromatic rings. The lowest BCUT2D eigenvalue weighted by molar-refractivity contribution is -0.156. The summed E-state index contributed by atoms with van der Waals surface area (Å²) < 4.78 is 5.31. The van der Waals surface area contributed by atoms with Crippen LogP contribution in [0.2, 0.25) is 0 Å². The van der Waals surface area contributed by atoms with Crippen LogP contribution >= 0.6 is 0 Å². The lowest BCUT2D eigenvalue weighted by atomic mass is 9.71. The van der Waals surface area contributed by atoms with Gasteiger partial charge in [-0.05, 0) is 35.8 Å². The molecule has 2 aliphatic rings. The van der Waals surface area contributed by atoms with Crippen LogP contribution in [-0.4, -0.2) is 47.5 Å². The molecule has 176 valence electrons. The number of hydrogen-bond donors (Lipinski definition) is 0. The van der Waals surface area contributed by atoms with Crippen LogP contribution in [0.5, 0.6) is 0 Å². The number of ketones is 2. The number of carbonyl (C=O) groups excluding carboxylic acids is 4. The average Bonchev–Trinajstić information content (AvgIpc) is 3.33. The number of likely N-dealkylation sites (tertiary alicyclic amines) is 1. The van der Waals surface area contributed by atoms with Crippen LogP contribution in [0.4, 0.5) is 0 Å². The highest BCUT2D eigenvalue weighted by molar-refractivity contribution is 6.04. The van der Waals surface area contributed by atoms with Crippen molar-refractivity contribution in [2.75, 3.05) is 13.7 Å². The number of fused-ring (bicyclic) bond motifs is 1. The van der Waals surface area contributed by atoms with Gasteiger partial charge in [0, 0.05) is 43.2 Å². The van der Waals surface area contributed by atoms with Crippen LogP contribution in [0.1, 0.15) is 42.1 Å². The zero-order valence-electron chi connectivity index (χ0n) is 19.5. The predicted octanol–water partition coefficient (Wildman–Crippen LogP) is 3.80. The number of carbonyl (C=O) groups is 4. The Morgan fingerprint density at radius 1 is 1.03 bits per heavy atom. The van der Waals surface area contributed by atoms with Crippen molar-refractivity contribution >= 4 is 23.4 Å². The van der Waals surface area contributed by atoms with Gasteiger partial charge in [-0.2, -0.15) is 0 Å². The molecule has 34 heavy (non-hydrogen) atoms. The minimum absolute atomic E-state index is 0.0122. The highest BCUT2D eigenvalue weighted by Gasteiger charge is 2.64. The maximum absolute atomic E-state index is 13.8. The Balaban J connectivity index is 1.86. The number of rotatable bonds is 8. The molecule has 0 N–H and O–H groups in total. The van der Waals surface area contributed by atoms with E-state index in [2.05, 4.69) is 0 Å². The van der Waals surface area contributed by atoms with Crippen LogP contribution in [0.25, 0.3) is 0 Å². The lowest BCUT2D eigenvalue weighted by Crippen LogP contribution is -2.60. The van der Waals surface area contributed by atoms with Crippen LogP contribution in [0.3, 0.4) is 0 Å². The molecule has 4 rings (SSSR count). The van der Waals surface area contributed by atoms with E-state index in [1.165, 1.54) is 13.2 Å². The van der Waals surface area contributed by atoms with Crippen molar-refractivity contribution in [1.29, 1.82) is 0 Å². The Labute approximate surface area is 199 Å². The molecule has 0 saturated carbocycles. The molecule has 0 aromatic heterocycles. The van der Waals surface area contributed by atoms with Gasteiger partial charge < -0.3 is 9.64 Å². The van der Waals surface area contributed by atoms with Gasteiger partial charge in [0.2, 0.25) is 0 Å². The van der Waals surface area contributed by atoms with Crippen molar-refractivity contribution < 1.29 is 23.9 Å². The first-order valence-electron chi connectivity index (χ1n) is 11.7. The molecule has 1 aliphatic carbocycles. The Morgan fingerprint density at radius 2 is 1.68 bits per heavy atom. The maximum atomic E-state index is 13.8. The maximum Gasteiger partial charge on any atom is 0.332 e. The SMILES string of the molecule is CCCC(=O)C[C@@H]1C(=O)C=C2CN(C(=O)c3ccccc3)[C@@](Cc3ccccc3)(C(=O)OC)[C@H]21. The summed E-state index contributed by atoms with van der Waals surface area (Å²) in [5.41, 5.74) is 0.579. The smallest absolute Gasteiger partial charge is 0.332 e. The third-order valence-electron chi connectivity index (χ3n) is 6.93. The molecule has 1 aliphatic heterocycles. The van der Waals surface area contributed by atoms with Gasteiger partial charge >= 0.3 is 5.97 Å². The van der Waals surface area contributed by atoms with E-state index in [1.54, 1.807) is 29.2 Å². The summed E-state index contributed by atoms with van der Waals surface area (Å²) in [5.74, 6) is -2.34. The van der Waals surface area contributed by atoms with E-state index in [0.29, 0.717) is 24.0 Å². The van der Waals surface area contributed by atoms with Crippen molar-refractivity contribution in [3.05, 3.63) is 83.4 Å². The molecule has 0 spiro atoms. The summed E-state index contributed by atoms with van der Waals surface area (Å²) in [6.45, 7) is 2.06. The average molecular weight is 460 g/mol. The number of allylic oxidation sites excluding steroid dienone is 1. The number of esters is 1. The number of amides is 1. The zero-order valence-corrected chi connectivity index (χ0v) is 19.5. The number of benzene rings is 2. The van der Waals surface area contributed by atoms with Crippen LogP contribution < -0.4 is 0 Å². The fourth-order valence-corrected chi connectivity index (χ4v) is 5.51. The molecule has 0 unspecified atom stereocenters. The van der Waals surface area contributed by atoms with E-state index in [9.17, 15) is 19.2 Å². The minimum atomic E-state index is -1.43. The van der Waals surface area contributed by atoms with Crippen molar-refractivity contribution in [2.45, 2.75) is 38.1 Å². The summed E-state index contributed by atoms with van der Waals surface area (Å²) in [5, 5.41) is 0. The number of hydrogen-bond acceptors (Lipinski definition) is 5. The fraction of sp³-hybridized carbons (Fsp3) is 0.357. The molecule has 1 amide bonds. The molecule has 1 fully saturated rings. The standard InChI is InChI=1S/C28H29NO5/c1-3-10-22(30)16-23-24(31)15-21-18-29(26(32)20-13-8-5-9-14-20)28(25(21)23,27(33)34-2)17-19-11-6-4-7-12-19/h4-9,11-15,23,25H,3,10,16-18H2,1-2H3/t23-,25-,28-/m1/s1. The van der Waals surface area contributed by atoms with Gasteiger partial charge in [-0.15, -0.1) is 0 Å². The summed E-state index contributed by atoms with van der Waals surface area (Å²) in [7, 11) is 1.30. The quantitative estimate of drug-likeness (QED) is 0.561. The number of ether oxygens (including phenoxy) is 1. The van der Waals surface area contributed by atoms with E-state index in [4.69, 9.17) is 4.74 Å².